The van der Waals surface area contributed by atoms with E-state index in [-0.39, 0.29) is 11.9 Å². The number of likely N-dealkylation sites (tertiary alicyclic amines) is 2. The molecular weight excluding hydrogens is 344 g/mol. The molecule has 0 aromatic carbocycles. The molecule has 150 valence electrons. The number of rotatable bonds is 9. The van der Waals surface area contributed by atoms with Gasteiger partial charge in [0.05, 0.1) is 0 Å². The Morgan fingerprint density at radius 3 is 2.64 bits per heavy atom. The summed E-state index contributed by atoms with van der Waals surface area (Å²) in [5, 5.41) is 0. The second-order valence-electron chi connectivity index (χ2n) is 7.36. The van der Waals surface area contributed by atoms with Gasteiger partial charge in [-0.1, -0.05) is 62.3 Å². The van der Waals surface area contributed by atoms with E-state index in [0.717, 1.165) is 44.6 Å². The number of fused-ring (bicyclic) bond motifs is 1. The summed E-state index contributed by atoms with van der Waals surface area (Å²) < 4.78 is 0. The Bertz CT molecular complexity index is 695. The molecule has 28 heavy (non-hydrogen) atoms. The van der Waals surface area contributed by atoms with E-state index >= 15 is 0 Å². The van der Waals surface area contributed by atoms with Crippen molar-refractivity contribution >= 4 is 5.91 Å². The lowest BCUT2D eigenvalue weighted by molar-refractivity contribution is -0.137. The molecule has 1 amide bonds. The summed E-state index contributed by atoms with van der Waals surface area (Å²) in [5.41, 5.74) is 2.19. The van der Waals surface area contributed by atoms with Gasteiger partial charge >= 0.3 is 0 Å². The van der Waals surface area contributed by atoms with Crippen molar-refractivity contribution in [3.8, 4) is 0 Å². The van der Waals surface area contributed by atoms with E-state index in [0.29, 0.717) is 12.3 Å². The lowest BCUT2D eigenvalue weighted by atomic mass is 9.83. The van der Waals surface area contributed by atoms with Gasteiger partial charge in [0.15, 0.2) is 0 Å². The van der Waals surface area contributed by atoms with Crippen LogP contribution in [0.2, 0.25) is 0 Å². The Morgan fingerprint density at radius 2 is 1.96 bits per heavy atom. The van der Waals surface area contributed by atoms with Crippen LogP contribution < -0.4 is 0 Å². The second-order valence-corrected chi connectivity index (χ2v) is 7.36. The minimum absolute atomic E-state index is 0.222. The number of hydrogen-bond donors (Lipinski definition) is 0. The van der Waals surface area contributed by atoms with Gasteiger partial charge in [0.1, 0.15) is 0 Å². The van der Waals surface area contributed by atoms with Crippen LogP contribution in [0.5, 0.6) is 0 Å². The van der Waals surface area contributed by atoms with Crippen molar-refractivity contribution in [3.63, 3.8) is 0 Å². The summed E-state index contributed by atoms with van der Waals surface area (Å²) in [6.07, 6.45) is 21.1. The molecule has 3 nitrogen and oxygen atoms in total. The van der Waals surface area contributed by atoms with Crippen LogP contribution in [-0.4, -0.2) is 41.4 Å². The molecule has 2 saturated heterocycles. The van der Waals surface area contributed by atoms with Crippen molar-refractivity contribution in [2.75, 3.05) is 19.6 Å². The number of nitrogens with zero attached hydrogens (tertiary/aromatic N) is 2. The molecule has 0 aliphatic carbocycles. The van der Waals surface area contributed by atoms with Crippen LogP contribution in [0, 0.1) is 5.92 Å². The zero-order valence-electron chi connectivity index (χ0n) is 17.2. The van der Waals surface area contributed by atoms with Gasteiger partial charge < -0.3 is 9.80 Å². The largest absolute Gasteiger partial charge is 0.309 e. The van der Waals surface area contributed by atoms with Crippen LogP contribution >= 0.6 is 0 Å². The first-order valence-electron chi connectivity index (χ1n) is 10.2. The summed E-state index contributed by atoms with van der Waals surface area (Å²) >= 11 is 0. The molecule has 0 saturated carbocycles. The quantitative estimate of drug-likeness (QED) is 0.516. The first kappa shape index (κ1) is 21.9. The number of carbonyl (C=O) groups excluding carboxylic acids is 1. The van der Waals surface area contributed by atoms with Gasteiger partial charge in [-0.25, -0.2) is 0 Å². The number of piperidine rings is 2. The van der Waals surface area contributed by atoms with E-state index in [1.54, 1.807) is 12.2 Å². The molecule has 2 heterocycles. The van der Waals surface area contributed by atoms with Gasteiger partial charge in [0, 0.05) is 37.8 Å². The number of hydrogen-bond acceptors (Lipinski definition) is 2. The molecular formula is C25H34N2O. The van der Waals surface area contributed by atoms with Crippen LogP contribution in [0.15, 0.2) is 85.7 Å². The smallest absolute Gasteiger partial charge is 0.227 e. The maximum Gasteiger partial charge on any atom is 0.227 e. The third-order valence-electron chi connectivity index (χ3n) is 5.56. The Hall–Kier alpha value is -2.39. The van der Waals surface area contributed by atoms with E-state index in [1.165, 1.54) is 5.57 Å². The average Bonchev–Trinajstić information content (AvgIpc) is 2.71. The van der Waals surface area contributed by atoms with Crippen molar-refractivity contribution in [1.29, 1.82) is 0 Å². The fourth-order valence-electron chi connectivity index (χ4n) is 4.14. The first-order valence-corrected chi connectivity index (χ1v) is 10.2. The van der Waals surface area contributed by atoms with Crippen LogP contribution in [0.4, 0.5) is 0 Å². The molecule has 0 radical (unpaired) electrons. The van der Waals surface area contributed by atoms with E-state index < -0.39 is 0 Å². The summed E-state index contributed by atoms with van der Waals surface area (Å²) in [4.78, 5) is 17.3. The molecule has 2 atom stereocenters. The topological polar surface area (TPSA) is 23.6 Å². The third kappa shape index (κ3) is 5.80. The molecule has 2 fully saturated rings. The lowest BCUT2D eigenvalue weighted by Gasteiger charge is -2.47. The minimum atomic E-state index is 0.222. The third-order valence-corrected chi connectivity index (χ3v) is 5.56. The predicted molar refractivity (Wildman–Crippen MR) is 120 cm³/mol. The van der Waals surface area contributed by atoms with Crippen molar-refractivity contribution in [1.82, 2.24) is 9.80 Å². The van der Waals surface area contributed by atoms with Crippen molar-refractivity contribution < 1.29 is 4.79 Å². The van der Waals surface area contributed by atoms with Crippen LogP contribution in [0.25, 0.3) is 0 Å². The Balaban J connectivity index is 2.06. The number of carbonyl (C=O) groups is 1. The normalized spacial score (nSPS) is 24.6. The molecule has 0 bridgehead atoms. The molecule has 0 N–H and O–H groups in total. The molecule has 0 aromatic rings. The highest BCUT2D eigenvalue weighted by Crippen LogP contribution is 2.34. The van der Waals surface area contributed by atoms with Gasteiger partial charge in [-0.2, -0.15) is 0 Å². The number of allylic oxidation sites excluding steroid dienone is 9. The van der Waals surface area contributed by atoms with E-state index in [9.17, 15) is 4.79 Å². The molecule has 2 aliphatic heterocycles. The highest BCUT2D eigenvalue weighted by molar-refractivity contribution is 5.80. The summed E-state index contributed by atoms with van der Waals surface area (Å²) in [7, 11) is 0. The summed E-state index contributed by atoms with van der Waals surface area (Å²) in [5.74, 6) is 0.739. The second kappa shape index (κ2) is 11.5. The summed E-state index contributed by atoms with van der Waals surface area (Å²) in [6.45, 7) is 16.6. The lowest BCUT2D eigenvalue weighted by Crippen LogP contribution is -2.55. The highest BCUT2D eigenvalue weighted by Gasteiger charge is 2.40. The maximum atomic E-state index is 12.7. The van der Waals surface area contributed by atoms with Crippen molar-refractivity contribution in [2.24, 2.45) is 5.92 Å². The average molecular weight is 379 g/mol. The van der Waals surface area contributed by atoms with Crippen LogP contribution in [0.1, 0.15) is 32.6 Å². The fourth-order valence-corrected chi connectivity index (χ4v) is 4.14. The zero-order valence-corrected chi connectivity index (χ0v) is 17.2. The molecule has 3 heteroatoms. The molecule has 2 aliphatic rings. The van der Waals surface area contributed by atoms with E-state index in [4.69, 9.17) is 0 Å². The van der Waals surface area contributed by atoms with Crippen LogP contribution in [0.3, 0.4) is 0 Å². The van der Waals surface area contributed by atoms with Gasteiger partial charge in [0.25, 0.3) is 0 Å². The maximum absolute atomic E-state index is 12.7. The molecule has 2 rings (SSSR count). The summed E-state index contributed by atoms with van der Waals surface area (Å²) in [6, 6.07) is 0.274. The zero-order chi connectivity index (χ0) is 20.4. The molecule has 0 spiro atoms. The van der Waals surface area contributed by atoms with Crippen LogP contribution in [-0.2, 0) is 4.79 Å². The minimum Gasteiger partial charge on any atom is -0.309 e. The van der Waals surface area contributed by atoms with E-state index in [1.807, 2.05) is 42.2 Å². The van der Waals surface area contributed by atoms with Gasteiger partial charge in [-0.3, -0.25) is 4.79 Å². The number of amides is 1. The molecule has 2 unspecified atom stereocenters. The van der Waals surface area contributed by atoms with Gasteiger partial charge in [-0.15, -0.1) is 0 Å². The first-order chi connectivity index (χ1) is 13.6. The monoisotopic (exact) mass is 378 g/mol. The van der Waals surface area contributed by atoms with E-state index in [2.05, 4.69) is 36.8 Å². The standard InChI is InChI=1S/C25H34N2O/c1-5-9-12-21(8-4)16-18-26-19-17-24-22(20-26)14-15-25(28)27(24)23(11-7-3)13-10-6-2/h5-13,22,24H,2-4,14-20H2,1H3/b9-5-,13-10-,21-12+,23-11+. The van der Waals surface area contributed by atoms with Gasteiger partial charge in [0.2, 0.25) is 5.91 Å². The Kier molecular flexibility index (Phi) is 8.96. The SMILES string of the molecule is C=C/C=C\C(=C/C=C)N1C(=O)CCC2CN(CC/C(C=C)=C/C=C\C)CCC21. The Labute approximate surface area is 170 Å². The van der Waals surface area contributed by atoms with Gasteiger partial charge in [-0.05, 0) is 49.8 Å². The predicted octanol–water partition coefficient (Wildman–Crippen LogP) is 5.19. The van der Waals surface area contributed by atoms with Crippen molar-refractivity contribution in [3.05, 3.63) is 85.7 Å². The molecule has 0 aromatic heterocycles. The highest BCUT2D eigenvalue weighted by atomic mass is 16.2. The Morgan fingerprint density at radius 1 is 1.14 bits per heavy atom. The fraction of sp³-hybridized carbons (Fsp3) is 0.400. The van der Waals surface area contributed by atoms with Crippen molar-refractivity contribution in [2.45, 2.75) is 38.6 Å².